The SMILES string of the molecule is CSc1ccc2c(c1)C(O)CO2. The van der Waals surface area contributed by atoms with E-state index in [1.165, 1.54) is 4.90 Å². The van der Waals surface area contributed by atoms with Gasteiger partial charge in [-0.15, -0.1) is 11.8 Å². The van der Waals surface area contributed by atoms with Gasteiger partial charge in [-0.3, -0.25) is 0 Å². The molecule has 1 heterocycles. The number of benzene rings is 1. The van der Waals surface area contributed by atoms with E-state index in [9.17, 15) is 5.11 Å². The summed E-state index contributed by atoms with van der Waals surface area (Å²) in [6.07, 6.45) is 1.58. The molecular weight excluding hydrogens is 172 g/mol. The van der Waals surface area contributed by atoms with E-state index in [0.717, 1.165) is 11.3 Å². The van der Waals surface area contributed by atoms with Crippen LogP contribution in [-0.2, 0) is 0 Å². The van der Waals surface area contributed by atoms with Crippen LogP contribution in [0.1, 0.15) is 11.7 Å². The van der Waals surface area contributed by atoms with Crippen LogP contribution < -0.4 is 4.74 Å². The van der Waals surface area contributed by atoms with Gasteiger partial charge in [0, 0.05) is 10.5 Å². The van der Waals surface area contributed by atoms with Crippen molar-refractivity contribution in [3.63, 3.8) is 0 Å². The summed E-state index contributed by atoms with van der Waals surface area (Å²) in [7, 11) is 0. The van der Waals surface area contributed by atoms with Crippen molar-refractivity contribution in [1.29, 1.82) is 0 Å². The first-order valence-corrected chi connectivity index (χ1v) is 5.02. The zero-order valence-electron chi connectivity index (χ0n) is 6.78. The molecule has 0 fully saturated rings. The van der Waals surface area contributed by atoms with E-state index in [1.807, 2.05) is 24.5 Å². The molecule has 3 heteroatoms. The van der Waals surface area contributed by atoms with Gasteiger partial charge in [0.15, 0.2) is 0 Å². The lowest BCUT2D eigenvalue weighted by Gasteiger charge is -2.01. The number of rotatable bonds is 1. The third kappa shape index (κ3) is 1.19. The molecule has 1 aliphatic heterocycles. The van der Waals surface area contributed by atoms with Crippen LogP contribution in [0.2, 0.25) is 0 Å². The molecule has 0 radical (unpaired) electrons. The first-order valence-electron chi connectivity index (χ1n) is 3.80. The first kappa shape index (κ1) is 7.95. The highest BCUT2D eigenvalue weighted by molar-refractivity contribution is 7.98. The second-order valence-corrected chi connectivity index (χ2v) is 3.61. The van der Waals surface area contributed by atoms with Crippen molar-refractivity contribution < 1.29 is 9.84 Å². The quantitative estimate of drug-likeness (QED) is 0.672. The Morgan fingerprint density at radius 3 is 3.17 bits per heavy atom. The Morgan fingerprint density at radius 2 is 2.42 bits per heavy atom. The Hall–Kier alpha value is -0.670. The average molecular weight is 182 g/mol. The molecule has 0 amide bonds. The lowest BCUT2D eigenvalue weighted by molar-refractivity contribution is 0.140. The molecule has 0 saturated carbocycles. The maximum atomic E-state index is 9.47. The fraction of sp³-hybridized carbons (Fsp3) is 0.333. The van der Waals surface area contributed by atoms with E-state index in [-0.39, 0.29) is 0 Å². The first-order chi connectivity index (χ1) is 5.81. The van der Waals surface area contributed by atoms with Crippen LogP contribution >= 0.6 is 11.8 Å². The summed E-state index contributed by atoms with van der Waals surface area (Å²) in [5.74, 6) is 0.820. The van der Waals surface area contributed by atoms with E-state index in [1.54, 1.807) is 11.8 Å². The molecule has 1 aromatic rings. The Bertz CT molecular complexity index is 299. The van der Waals surface area contributed by atoms with Crippen LogP contribution in [-0.4, -0.2) is 18.0 Å². The van der Waals surface area contributed by atoms with Crippen LogP contribution in [0.4, 0.5) is 0 Å². The standard InChI is InChI=1S/C9H10O2S/c1-12-6-2-3-9-7(4-6)8(10)5-11-9/h2-4,8,10H,5H2,1H3. The zero-order chi connectivity index (χ0) is 8.55. The third-order valence-corrected chi connectivity index (χ3v) is 2.70. The zero-order valence-corrected chi connectivity index (χ0v) is 7.60. The van der Waals surface area contributed by atoms with E-state index >= 15 is 0 Å². The summed E-state index contributed by atoms with van der Waals surface area (Å²) >= 11 is 1.67. The highest BCUT2D eigenvalue weighted by Gasteiger charge is 2.21. The van der Waals surface area contributed by atoms with Gasteiger partial charge in [0.1, 0.15) is 18.5 Å². The molecule has 1 unspecified atom stereocenters. The van der Waals surface area contributed by atoms with Crippen LogP contribution in [0, 0.1) is 0 Å². The van der Waals surface area contributed by atoms with Crippen molar-refractivity contribution in [2.24, 2.45) is 0 Å². The fourth-order valence-electron chi connectivity index (χ4n) is 1.30. The molecule has 0 spiro atoms. The molecular formula is C9H10O2S. The van der Waals surface area contributed by atoms with Crippen molar-refractivity contribution in [2.45, 2.75) is 11.0 Å². The minimum Gasteiger partial charge on any atom is -0.490 e. The molecule has 1 N–H and O–H groups in total. The third-order valence-electron chi connectivity index (χ3n) is 1.97. The normalized spacial score (nSPS) is 20.3. The highest BCUT2D eigenvalue weighted by Crippen LogP contribution is 2.34. The second-order valence-electron chi connectivity index (χ2n) is 2.73. The summed E-state index contributed by atoms with van der Waals surface area (Å²) in [5.41, 5.74) is 0.918. The van der Waals surface area contributed by atoms with Crippen molar-refractivity contribution in [1.82, 2.24) is 0 Å². The number of hydrogen-bond acceptors (Lipinski definition) is 3. The van der Waals surface area contributed by atoms with Gasteiger partial charge in [0.05, 0.1) is 0 Å². The topological polar surface area (TPSA) is 29.5 Å². The molecule has 1 aliphatic rings. The number of ether oxygens (including phenoxy) is 1. The Kier molecular flexibility index (Phi) is 1.98. The predicted octanol–water partition coefficient (Wildman–Crippen LogP) is 1.83. The summed E-state index contributed by atoms with van der Waals surface area (Å²) < 4.78 is 5.25. The molecule has 1 aromatic carbocycles. The van der Waals surface area contributed by atoms with Crippen molar-refractivity contribution in [2.75, 3.05) is 12.9 Å². The van der Waals surface area contributed by atoms with Gasteiger partial charge in [-0.1, -0.05) is 0 Å². The van der Waals surface area contributed by atoms with E-state index in [4.69, 9.17) is 4.74 Å². The van der Waals surface area contributed by atoms with Crippen molar-refractivity contribution in [3.05, 3.63) is 23.8 Å². The molecule has 0 aliphatic carbocycles. The van der Waals surface area contributed by atoms with Gasteiger partial charge in [-0.25, -0.2) is 0 Å². The minimum atomic E-state index is -0.438. The maximum absolute atomic E-state index is 9.47. The highest BCUT2D eigenvalue weighted by atomic mass is 32.2. The number of aliphatic hydroxyl groups is 1. The molecule has 0 aromatic heterocycles. The molecule has 0 saturated heterocycles. The average Bonchev–Trinajstić information content (AvgIpc) is 2.47. The van der Waals surface area contributed by atoms with Crippen molar-refractivity contribution in [3.8, 4) is 5.75 Å². The van der Waals surface area contributed by atoms with Crippen LogP contribution in [0.5, 0.6) is 5.75 Å². The van der Waals surface area contributed by atoms with Gasteiger partial charge < -0.3 is 9.84 Å². The summed E-state index contributed by atoms with van der Waals surface area (Å²) in [6.45, 7) is 0.396. The van der Waals surface area contributed by atoms with E-state index < -0.39 is 6.10 Å². The van der Waals surface area contributed by atoms with Gasteiger partial charge in [0.2, 0.25) is 0 Å². The lowest BCUT2D eigenvalue weighted by atomic mass is 10.1. The predicted molar refractivity (Wildman–Crippen MR) is 48.7 cm³/mol. The molecule has 0 bridgehead atoms. The molecule has 2 nitrogen and oxygen atoms in total. The number of aliphatic hydroxyl groups excluding tert-OH is 1. The van der Waals surface area contributed by atoms with Crippen LogP contribution in [0.25, 0.3) is 0 Å². The van der Waals surface area contributed by atoms with Gasteiger partial charge in [-0.2, -0.15) is 0 Å². The van der Waals surface area contributed by atoms with Crippen LogP contribution in [0.15, 0.2) is 23.1 Å². The molecule has 12 heavy (non-hydrogen) atoms. The van der Waals surface area contributed by atoms with Crippen molar-refractivity contribution >= 4 is 11.8 Å². The Balaban J connectivity index is 2.43. The largest absolute Gasteiger partial charge is 0.490 e. The summed E-state index contributed by atoms with van der Waals surface area (Å²) in [4.78, 5) is 1.17. The fourth-order valence-corrected chi connectivity index (χ4v) is 1.75. The van der Waals surface area contributed by atoms with E-state index in [0.29, 0.717) is 6.61 Å². The monoisotopic (exact) mass is 182 g/mol. The lowest BCUT2D eigenvalue weighted by Crippen LogP contribution is -1.97. The van der Waals surface area contributed by atoms with Gasteiger partial charge in [0.25, 0.3) is 0 Å². The number of fused-ring (bicyclic) bond motifs is 1. The Morgan fingerprint density at radius 1 is 1.58 bits per heavy atom. The van der Waals surface area contributed by atoms with Gasteiger partial charge >= 0.3 is 0 Å². The molecule has 1 atom stereocenters. The maximum Gasteiger partial charge on any atom is 0.125 e. The minimum absolute atomic E-state index is 0.396. The van der Waals surface area contributed by atoms with Gasteiger partial charge in [-0.05, 0) is 24.5 Å². The summed E-state index contributed by atoms with van der Waals surface area (Å²) in [6, 6.07) is 5.90. The second kappa shape index (κ2) is 2.99. The van der Waals surface area contributed by atoms with Crippen LogP contribution in [0.3, 0.4) is 0 Å². The number of hydrogen-bond donors (Lipinski definition) is 1. The number of thioether (sulfide) groups is 1. The summed E-state index contributed by atoms with van der Waals surface area (Å²) in [5, 5.41) is 9.47. The smallest absolute Gasteiger partial charge is 0.125 e. The Labute approximate surface area is 75.6 Å². The van der Waals surface area contributed by atoms with E-state index in [2.05, 4.69) is 0 Å². The molecule has 2 rings (SSSR count). The molecule has 64 valence electrons.